The van der Waals surface area contributed by atoms with Gasteiger partial charge in [0.2, 0.25) is 0 Å². The second-order valence-corrected chi connectivity index (χ2v) is 4.43. The smallest absolute Gasteiger partial charge is 0.330 e. The second-order valence-electron chi connectivity index (χ2n) is 4.43. The van der Waals surface area contributed by atoms with Crippen molar-refractivity contribution in [1.82, 2.24) is 0 Å². The molecule has 0 aliphatic heterocycles. The minimum atomic E-state index is -0.803. The van der Waals surface area contributed by atoms with E-state index in [1.807, 2.05) is 0 Å². The van der Waals surface area contributed by atoms with Crippen molar-refractivity contribution < 1.29 is 29.0 Å². The van der Waals surface area contributed by atoms with Gasteiger partial charge in [-0.1, -0.05) is 6.58 Å². The van der Waals surface area contributed by atoms with Gasteiger partial charge in [-0.3, -0.25) is 9.59 Å². The van der Waals surface area contributed by atoms with Crippen LogP contribution in [0.5, 0.6) is 0 Å². The monoisotopic (exact) mass is 270 g/mol. The van der Waals surface area contributed by atoms with Crippen LogP contribution in [0.1, 0.15) is 25.7 Å². The third kappa shape index (κ3) is 5.11. The highest BCUT2D eigenvalue weighted by atomic mass is 16.6. The number of esters is 2. The van der Waals surface area contributed by atoms with E-state index in [0.29, 0.717) is 25.7 Å². The maximum absolute atomic E-state index is 11.7. The van der Waals surface area contributed by atoms with Crippen LogP contribution >= 0.6 is 0 Å². The third-order valence-electron chi connectivity index (χ3n) is 3.15. The van der Waals surface area contributed by atoms with Crippen LogP contribution < -0.4 is 0 Å². The van der Waals surface area contributed by atoms with Gasteiger partial charge >= 0.3 is 17.9 Å². The molecule has 0 heterocycles. The second kappa shape index (κ2) is 7.56. The summed E-state index contributed by atoms with van der Waals surface area (Å²) >= 11 is 0. The number of hydrogen-bond acceptors (Lipinski definition) is 5. The van der Waals surface area contributed by atoms with E-state index in [-0.39, 0.29) is 31.0 Å². The van der Waals surface area contributed by atoms with Crippen LogP contribution in [0, 0.1) is 11.8 Å². The van der Waals surface area contributed by atoms with Crippen LogP contribution in [-0.2, 0) is 23.9 Å². The maximum Gasteiger partial charge on any atom is 0.330 e. The van der Waals surface area contributed by atoms with Crippen molar-refractivity contribution in [3.63, 3.8) is 0 Å². The van der Waals surface area contributed by atoms with E-state index in [4.69, 9.17) is 9.84 Å². The quantitative estimate of drug-likeness (QED) is 0.442. The Morgan fingerprint density at radius 1 is 1.05 bits per heavy atom. The predicted molar refractivity (Wildman–Crippen MR) is 65.2 cm³/mol. The molecule has 0 bridgehead atoms. The minimum Gasteiger partial charge on any atom is -0.481 e. The molecule has 0 atom stereocenters. The highest BCUT2D eigenvalue weighted by Crippen LogP contribution is 2.29. The molecule has 0 aromatic carbocycles. The topological polar surface area (TPSA) is 89.9 Å². The summed E-state index contributed by atoms with van der Waals surface area (Å²) in [5.74, 6) is -2.30. The molecule has 0 saturated heterocycles. The van der Waals surface area contributed by atoms with Crippen molar-refractivity contribution in [2.75, 3.05) is 13.2 Å². The first-order valence-electron chi connectivity index (χ1n) is 6.23. The van der Waals surface area contributed by atoms with E-state index >= 15 is 0 Å². The number of rotatable bonds is 6. The fourth-order valence-electron chi connectivity index (χ4n) is 2.04. The Balaban J connectivity index is 2.19. The number of carbonyl (C=O) groups is 3. The molecule has 0 unspecified atom stereocenters. The van der Waals surface area contributed by atoms with Gasteiger partial charge in [0.1, 0.15) is 13.2 Å². The Morgan fingerprint density at radius 3 is 2.11 bits per heavy atom. The molecule has 1 saturated carbocycles. The van der Waals surface area contributed by atoms with Crippen molar-refractivity contribution in [2.45, 2.75) is 25.7 Å². The summed E-state index contributed by atoms with van der Waals surface area (Å²) in [4.78, 5) is 33.1. The molecule has 0 spiro atoms. The highest BCUT2D eigenvalue weighted by Gasteiger charge is 2.30. The third-order valence-corrected chi connectivity index (χ3v) is 3.15. The van der Waals surface area contributed by atoms with Gasteiger partial charge in [-0.15, -0.1) is 0 Å². The molecule has 1 rings (SSSR count). The first kappa shape index (κ1) is 15.2. The van der Waals surface area contributed by atoms with E-state index in [0.717, 1.165) is 6.08 Å². The van der Waals surface area contributed by atoms with E-state index in [9.17, 15) is 14.4 Å². The molecular formula is C13H18O6. The molecule has 6 heteroatoms. The fourth-order valence-corrected chi connectivity index (χ4v) is 2.04. The van der Waals surface area contributed by atoms with Crippen molar-refractivity contribution >= 4 is 17.9 Å². The normalized spacial score (nSPS) is 22.3. The van der Waals surface area contributed by atoms with Crippen LogP contribution in [0.25, 0.3) is 0 Å². The van der Waals surface area contributed by atoms with E-state index in [2.05, 4.69) is 11.3 Å². The molecule has 0 aromatic heterocycles. The van der Waals surface area contributed by atoms with Crippen LogP contribution in [0.3, 0.4) is 0 Å². The zero-order chi connectivity index (χ0) is 14.3. The van der Waals surface area contributed by atoms with Crippen molar-refractivity contribution in [2.24, 2.45) is 11.8 Å². The van der Waals surface area contributed by atoms with Gasteiger partial charge in [0, 0.05) is 6.08 Å². The predicted octanol–water partition coefficient (Wildman–Crippen LogP) is 1.15. The first-order chi connectivity index (χ1) is 9.04. The summed E-state index contributed by atoms with van der Waals surface area (Å²) in [6, 6.07) is 0. The number of carboxylic acids is 1. The van der Waals surface area contributed by atoms with Gasteiger partial charge in [-0.2, -0.15) is 0 Å². The Hall–Kier alpha value is -1.85. The van der Waals surface area contributed by atoms with Crippen molar-refractivity contribution in [3.8, 4) is 0 Å². The molecule has 1 fully saturated rings. The Morgan fingerprint density at radius 2 is 1.58 bits per heavy atom. The number of ether oxygens (including phenoxy) is 2. The van der Waals surface area contributed by atoms with Crippen LogP contribution in [0.2, 0.25) is 0 Å². The van der Waals surface area contributed by atoms with Gasteiger partial charge in [0.25, 0.3) is 0 Å². The lowest BCUT2D eigenvalue weighted by Gasteiger charge is -2.24. The number of aliphatic carboxylic acids is 1. The molecule has 1 aliphatic carbocycles. The molecular weight excluding hydrogens is 252 g/mol. The van der Waals surface area contributed by atoms with E-state index in [1.54, 1.807) is 0 Å². The molecule has 0 amide bonds. The minimum absolute atomic E-state index is 0.00106. The SMILES string of the molecule is C=CC(=O)OCCOC(=O)C1CCC(C(=O)O)CC1. The zero-order valence-corrected chi connectivity index (χ0v) is 10.7. The standard InChI is InChI=1S/C13H18O6/c1-2-11(14)18-7-8-19-13(17)10-5-3-9(4-6-10)12(15)16/h2,9-10H,1,3-8H2,(H,15,16). The van der Waals surface area contributed by atoms with Crippen molar-refractivity contribution in [3.05, 3.63) is 12.7 Å². The average molecular weight is 270 g/mol. The lowest BCUT2D eigenvalue weighted by atomic mass is 9.82. The summed E-state index contributed by atoms with van der Waals surface area (Å²) in [5, 5.41) is 8.84. The highest BCUT2D eigenvalue weighted by molar-refractivity contribution is 5.81. The van der Waals surface area contributed by atoms with Gasteiger partial charge in [0.05, 0.1) is 11.8 Å². The summed E-state index contributed by atoms with van der Waals surface area (Å²) in [6.07, 6.45) is 3.10. The largest absolute Gasteiger partial charge is 0.481 e. The van der Waals surface area contributed by atoms with Crippen molar-refractivity contribution in [1.29, 1.82) is 0 Å². The molecule has 0 radical (unpaired) electrons. The summed E-state index contributed by atoms with van der Waals surface area (Å²) in [7, 11) is 0. The lowest BCUT2D eigenvalue weighted by Crippen LogP contribution is -2.27. The van der Waals surface area contributed by atoms with Crippen LogP contribution in [0.15, 0.2) is 12.7 Å². The Labute approximate surface area is 111 Å². The molecule has 1 aliphatic rings. The maximum atomic E-state index is 11.7. The molecule has 19 heavy (non-hydrogen) atoms. The molecule has 6 nitrogen and oxygen atoms in total. The molecule has 1 N–H and O–H groups in total. The van der Waals surface area contributed by atoms with Gasteiger partial charge in [0.15, 0.2) is 0 Å². The average Bonchev–Trinajstić information content (AvgIpc) is 2.43. The van der Waals surface area contributed by atoms with E-state index < -0.39 is 11.9 Å². The van der Waals surface area contributed by atoms with Gasteiger partial charge < -0.3 is 14.6 Å². The zero-order valence-electron chi connectivity index (χ0n) is 10.7. The van der Waals surface area contributed by atoms with E-state index in [1.165, 1.54) is 0 Å². The number of hydrogen-bond donors (Lipinski definition) is 1. The fraction of sp³-hybridized carbons (Fsp3) is 0.615. The van der Waals surface area contributed by atoms with Crippen LogP contribution in [0.4, 0.5) is 0 Å². The first-order valence-corrected chi connectivity index (χ1v) is 6.23. The number of carboxylic acid groups (broad SMARTS) is 1. The van der Waals surface area contributed by atoms with Gasteiger partial charge in [-0.25, -0.2) is 4.79 Å². The Bertz CT molecular complexity index is 354. The Kier molecular flexibility index (Phi) is 6.05. The number of carbonyl (C=O) groups excluding carboxylic acids is 2. The van der Waals surface area contributed by atoms with Crippen LogP contribution in [-0.4, -0.2) is 36.2 Å². The summed E-state index contributed by atoms with van der Waals surface area (Å²) in [5.41, 5.74) is 0. The lowest BCUT2D eigenvalue weighted by molar-refractivity contribution is -0.155. The molecule has 106 valence electrons. The summed E-state index contributed by atoms with van der Waals surface area (Å²) in [6.45, 7) is 3.25. The van der Waals surface area contributed by atoms with Gasteiger partial charge in [-0.05, 0) is 25.7 Å². The molecule has 0 aromatic rings. The summed E-state index contributed by atoms with van der Waals surface area (Å²) < 4.78 is 9.64.